The van der Waals surface area contributed by atoms with E-state index in [2.05, 4.69) is 25.2 Å². The van der Waals surface area contributed by atoms with Crippen molar-refractivity contribution >= 4 is 21.4 Å². The van der Waals surface area contributed by atoms with Crippen molar-refractivity contribution in [2.75, 3.05) is 6.54 Å². The SMILES string of the molecule is CC1(C)CC(c2cc3cccc(F)c3s2)CCN1. The first kappa shape index (κ1) is 12.1. The zero-order valence-electron chi connectivity index (χ0n) is 10.8. The van der Waals surface area contributed by atoms with Gasteiger partial charge in [-0.15, -0.1) is 11.3 Å². The second kappa shape index (κ2) is 4.32. The summed E-state index contributed by atoms with van der Waals surface area (Å²) in [5.41, 5.74) is 0.192. The van der Waals surface area contributed by atoms with Gasteiger partial charge in [-0.1, -0.05) is 12.1 Å². The molecule has 2 aromatic rings. The molecule has 0 amide bonds. The predicted molar refractivity (Wildman–Crippen MR) is 75.8 cm³/mol. The van der Waals surface area contributed by atoms with Crippen molar-refractivity contribution in [3.05, 3.63) is 35.0 Å². The Kier molecular flexibility index (Phi) is 2.91. The number of rotatable bonds is 1. The summed E-state index contributed by atoms with van der Waals surface area (Å²) in [6.07, 6.45) is 2.28. The van der Waals surface area contributed by atoms with Crippen LogP contribution in [0, 0.1) is 5.82 Å². The molecule has 1 aromatic carbocycles. The minimum absolute atomic E-state index is 0.0862. The number of fused-ring (bicyclic) bond motifs is 1. The number of halogens is 1. The molecule has 0 saturated carbocycles. The molecule has 3 rings (SSSR count). The molecule has 96 valence electrons. The molecule has 0 radical (unpaired) electrons. The first-order valence-electron chi connectivity index (χ1n) is 6.48. The third-order valence-corrected chi connectivity index (χ3v) is 5.09. The lowest BCUT2D eigenvalue weighted by molar-refractivity contribution is 0.277. The van der Waals surface area contributed by atoms with E-state index in [0.717, 1.165) is 29.5 Å². The van der Waals surface area contributed by atoms with E-state index in [1.54, 1.807) is 23.5 Å². The van der Waals surface area contributed by atoms with Crippen LogP contribution >= 0.6 is 11.3 Å². The lowest BCUT2D eigenvalue weighted by Gasteiger charge is -2.36. The van der Waals surface area contributed by atoms with Crippen molar-refractivity contribution in [1.29, 1.82) is 0 Å². The molecule has 1 fully saturated rings. The monoisotopic (exact) mass is 263 g/mol. The van der Waals surface area contributed by atoms with E-state index in [4.69, 9.17) is 0 Å². The Morgan fingerprint density at radius 1 is 1.39 bits per heavy atom. The molecular formula is C15H18FNS. The Hall–Kier alpha value is -0.930. The van der Waals surface area contributed by atoms with Crippen molar-refractivity contribution in [2.45, 2.75) is 38.1 Å². The molecule has 1 aliphatic rings. The minimum Gasteiger partial charge on any atom is -0.312 e. The Bertz CT molecular complexity index is 573. The van der Waals surface area contributed by atoms with Crippen LogP contribution in [0.3, 0.4) is 0 Å². The van der Waals surface area contributed by atoms with E-state index in [1.807, 2.05) is 6.07 Å². The van der Waals surface area contributed by atoms with Crippen molar-refractivity contribution in [1.82, 2.24) is 5.32 Å². The molecule has 0 spiro atoms. The summed E-state index contributed by atoms with van der Waals surface area (Å²) in [6, 6.07) is 7.52. The molecular weight excluding hydrogens is 245 g/mol. The fourth-order valence-electron chi connectivity index (χ4n) is 2.87. The summed E-state index contributed by atoms with van der Waals surface area (Å²) in [5, 5.41) is 4.58. The smallest absolute Gasteiger partial charge is 0.140 e. The average molecular weight is 263 g/mol. The summed E-state index contributed by atoms with van der Waals surface area (Å²) in [6.45, 7) is 5.54. The van der Waals surface area contributed by atoms with Crippen molar-refractivity contribution in [3.8, 4) is 0 Å². The van der Waals surface area contributed by atoms with E-state index in [0.29, 0.717) is 5.92 Å². The second-order valence-electron chi connectivity index (χ2n) is 5.81. The second-order valence-corrected chi connectivity index (χ2v) is 6.89. The average Bonchev–Trinajstić information content (AvgIpc) is 2.73. The van der Waals surface area contributed by atoms with Gasteiger partial charge in [0.25, 0.3) is 0 Å². The van der Waals surface area contributed by atoms with Crippen molar-refractivity contribution < 1.29 is 4.39 Å². The number of thiophene rings is 1. The van der Waals surface area contributed by atoms with Gasteiger partial charge >= 0.3 is 0 Å². The maximum atomic E-state index is 13.7. The van der Waals surface area contributed by atoms with Gasteiger partial charge in [0.05, 0.1) is 4.70 Å². The van der Waals surface area contributed by atoms with Gasteiger partial charge in [-0.3, -0.25) is 0 Å². The quantitative estimate of drug-likeness (QED) is 0.809. The van der Waals surface area contributed by atoms with E-state index in [9.17, 15) is 4.39 Å². The molecule has 1 saturated heterocycles. The van der Waals surface area contributed by atoms with Gasteiger partial charge in [0, 0.05) is 10.4 Å². The maximum Gasteiger partial charge on any atom is 0.140 e. The van der Waals surface area contributed by atoms with Crippen molar-refractivity contribution in [3.63, 3.8) is 0 Å². The third kappa shape index (κ3) is 2.17. The Morgan fingerprint density at radius 3 is 2.94 bits per heavy atom. The number of hydrogen-bond donors (Lipinski definition) is 1. The van der Waals surface area contributed by atoms with E-state index >= 15 is 0 Å². The molecule has 2 heterocycles. The number of nitrogens with one attached hydrogen (secondary N) is 1. The molecule has 18 heavy (non-hydrogen) atoms. The molecule has 1 nitrogen and oxygen atoms in total. The van der Waals surface area contributed by atoms with Crippen molar-refractivity contribution in [2.24, 2.45) is 0 Å². The van der Waals surface area contributed by atoms with E-state index < -0.39 is 0 Å². The van der Waals surface area contributed by atoms with Crippen LogP contribution in [0.15, 0.2) is 24.3 Å². The van der Waals surface area contributed by atoms with Gasteiger partial charge in [-0.2, -0.15) is 0 Å². The highest BCUT2D eigenvalue weighted by Crippen LogP contribution is 2.39. The third-order valence-electron chi connectivity index (χ3n) is 3.77. The normalized spacial score (nSPS) is 23.4. The Balaban J connectivity index is 1.97. The minimum atomic E-state index is -0.0862. The fraction of sp³-hybridized carbons (Fsp3) is 0.467. The molecule has 0 bridgehead atoms. The summed E-state index contributed by atoms with van der Waals surface area (Å²) >= 11 is 1.63. The number of hydrogen-bond acceptors (Lipinski definition) is 2. The Morgan fingerprint density at radius 2 is 2.22 bits per heavy atom. The first-order valence-corrected chi connectivity index (χ1v) is 7.30. The molecule has 1 atom stereocenters. The van der Waals surface area contributed by atoms with Gasteiger partial charge in [0.15, 0.2) is 0 Å². The first-order chi connectivity index (χ1) is 8.55. The highest BCUT2D eigenvalue weighted by molar-refractivity contribution is 7.19. The van der Waals surface area contributed by atoms with Crippen LogP contribution in [-0.4, -0.2) is 12.1 Å². The molecule has 1 N–H and O–H groups in total. The highest BCUT2D eigenvalue weighted by atomic mass is 32.1. The zero-order valence-corrected chi connectivity index (χ0v) is 11.6. The lowest BCUT2D eigenvalue weighted by Crippen LogP contribution is -2.45. The van der Waals surface area contributed by atoms with Crippen LogP contribution in [0.2, 0.25) is 0 Å². The van der Waals surface area contributed by atoms with Gasteiger partial charge in [-0.25, -0.2) is 4.39 Å². The van der Waals surface area contributed by atoms with Gasteiger partial charge in [0.2, 0.25) is 0 Å². The molecule has 1 unspecified atom stereocenters. The lowest BCUT2D eigenvalue weighted by atomic mass is 9.84. The largest absolute Gasteiger partial charge is 0.312 e. The van der Waals surface area contributed by atoms with Gasteiger partial charge < -0.3 is 5.32 Å². The number of benzene rings is 1. The van der Waals surface area contributed by atoms with Crippen LogP contribution in [0.5, 0.6) is 0 Å². The standard InChI is InChI=1S/C15H18FNS/c1-15(2)9-11(6-7-17-15)13-8-10-4-3-5-12(16)14(10)18-13/h3-5,8,11,17H,6-7,9H2,1-2H3. The Labute approximate surface area is 111 Å². The summed E-state index contributed by atoms with van der Waals surface area (Å²) < 4.78 is 14.5. The predicted octanol–water partition coefficient (Wildman–Crippen LogP) is 4.29. The highest BCUT2D eigenvalue weighted by Gasteiger charge is 2.29. The van der Waals surface area contributed by atoms with E-state index in [-0.39, 0.29) is 11.4 Å². The molecule has 0 aliphatic carbocycles. The molecule has 1 aliphatic heterocycles. The number of piperidine rings is 1. The molecule has 1 aromatic heterocycles. The van der Waals surface area contributed by atoms with Crippen LogP contribution in [0.4, 0.5) is 4.39 Å². The van der Waals surface area contributed by atoms with Gasteiger partial charge in [0.1, 0.15) is 5.82 Å². The summed E-state index contributed by atoms with van der Waals surface area (Å²) in [4.78, 5) is 1.34. The van der Waals surface area contributed by atoms with Crippen LogP contribution in [0.1, 0.15) is 37.5 Å². The van der Waals surface area contributed by atoms with Crippen LogP contribution < -0.4 is 5.32 Å². The van der Waals surface area contributed by atoms with Crippen LogP contribution in [0.25, 0.3) is 10.1 Å². The topological polar surface area (TPSA) is 12.0 Å². The van der Waals surface area contributed by atoms with Gasteiger partial charge in [-0.05, 0) is 56.7 Å². The summed E-state index contributed by atoms with van der Waals surface area (Å²) in [7, 11) is 0. The fourth-order valence-corrected chi connectivity index (χ4v) is 4.07. The molecule has 3 heteroatoms. The van der Waals surface area contributed by atoms with Crippen LogP contribution in [-0.2, 0) is 0 Å². The zero-order chi connectivity index (χ0) is 12.8. The van der Waals surface area contributed by atoms with E-state index in [1.165, 1.54) is 4.88 Å². The summed E-state index contributed by atoms with van der Waals surface area (Å²) in [5.74, 6) is 0.481. The maximum absolute atomic E-state index is 13.7.